The topological polar surface area (TPSA) is 59.1 Å². The highest BCUT2D eigenvalue weighted by Gasteiger charge is 2.35. The Hall–Kier alpha value is -1.13. The molecule has 1 heterocycles. The molecule has 1 saturated heterocycles. The molecule has 28 heavy (non-hydrogen) atoms. The number of hydrogen-bond acceptors (Lipinski definition) is 4. The Morgan fingerprint density at radius 2 is 1.79 bits per heavy atom. The number of hydrogen-bond donors (Lipinski definition) is 1. The lowest BCUT2D eigenvalue weighted by atomic mass is 9.87. The van der Waals surface area contributed by atoms with Crippen molar-refractivity contribution >= 4 is 5.97 Å². The van der Waals surface area contributed by atoms with Gasteiger partial charge in [-0.15, -0.1) is 0 Å². The van der Waals surface area contributed by atoms with E-state index in [0.717, 1.165) is 44.9 Å². The summed E-state index contributed by atoms with van der Waals surface area (Å²) in [5, 5.41) is 10.4. The van der Waals surface area contributed by atoms with Crippen LogP contribution in [0.15, 0.2) is 24.3 Å². The van der Waals surface area contributed by atoms with Crippen LogP contribution in [0, 0.1) is 5.41 Å². The van der Waals surface area contributed by atoms with Crippen LogP contribution in [0.5, 0.6) is 0 Å². The second-order valence-electron chi connectivity index (χ2n) is 8.95. The Kier molecular flexibility index (Phi) is 11.1. The van der Waals surface area contributed by atoms with Crippen LogP contribution in [-0.4, -0.2) is 36.0 Å². The number of epoxide rings is 1. The molecule has 0 aliphatic carbocycles. The Bertz CT molecular complexity index is 505. The van der Waals surface area contributed by atoms with E-state index in [9.17, 15) is 9.90 Å². The van der Waals surface area contributed by atoms with Crippen molar-refractivity contribution in [2.24, 2.45) is 5.41 Å². The Morgan fingerprint density at radius 1 is 1.07 bits per heavy atom. The lowest BCUT2D eigenvalue weighted by molar-refractivity contribution is -0.151. The first-order chi connectivity index (χ1) is 13.2. The monoisotopic (exact) mass is 394 g/mol. The third-order valence-electron chi connectivity index (χ3n) is 5.45. The van der Waals surface area contributed by atoms with Crippen LogP contribution < -0.4 is 0 Å². The van der Waals surface area contributed by atoms with E-state index in [0.29, 0.717) is 6.10 Å². The predicted octanol–water partition coefficient (Wildman–Crippen LogP) is 5.74. The van der Waals surface area contributed by atoms with E-state index in [-0.39, 0.29) is 17.5 Å². The van der Waals surface area contributed by atoms with Gasteiger partial charge in [0.15, 0.2) is 0 Å². The highest BCUT2D eigenvalue weighted by Crippen LogP contribution is 2.29. The Morgan fingerprint density at radius 3 is 2.46 bits per heavy atom. The predicted molar refractivity (Wildman–Crippen MR) is 115 cm³/mol. The van der Waals surface area contributed by atoms with Crippen LogP contribution in [0.3, 0.4) is 0 Å². The standard InChI is InChI=1S/C24H42O4/c1-6-7-12-15-20-21(28-20)16-19-24(4,26)18-14-11-9-8-10-13-17-23(2,3)22(25)27-5/h14,16,18-21,26H,6-13,15,17H2,1-5H3/b18-14-,19-16+. The van der Waals surface area contributed by atoms with Crippen molar-refractivity contribution in [3.63, 3.8) is 0 Å². The second kappa shape index (κ2) is 12.4. The van der Waals surface area contributed by atoms with Crippen molar-refractivity contribution < 1.29 is 19.4 Å². The molecule has 1 aliphatic rings. The minimum absolute atomic E-state index is 0.130. The molecule has 0 spiro atoms. The number of allylic oxidation sites excluding steroid dienone is 1. The van der Waals surface area contributed by atoms with E-state index >= 15 is 0 Å². The first-order valence-electron chi connectivity index (χ1n) is 11.0. The summed E-state index contributed by atoms with van der Waals surface area (Å²) in [7, 11) is 1.45. The third kappa shape index (κ3) is 10.4. The van der Waals surface area contributed by atoms with Crippen molar-refractivity contribution in [3.05, 3.63) is 24.3 Å². The van der Waals surface area contributed by atoms with Crippen molar-refractivity contribution in [2.45, 2.75) is 110 Å². The molecule has 162 valence electrons. The normalized spacial score (nSPS) is 21.9. The highest BCUT2D eigenvalue weighted by atomic mass is 16.6. The molecule has 4 nitrogen and oxygen atoms in total. The fourth-order valence-corrected chi connectivity index (χ4v) is 3.38. The molecule has 3 atom stereocenters. The zero-order valence-corrected chi connectivity index (χ0v) is 18.7. The second-order valence-corrected chi connectivity index (χ2v) is 8.95. The van der Waals surface area contributed by atoms with Gasteiger partial charge in [-0.25, -0.2) is 0 Å². The van der Waals surface area contributed by atoms with E-state index in [2.05, 4.69) is 13.0 Å². The van der Waals surface area contributed by atoms with E-state index in [1.807, 2.05) is 39.0 Å². The van der Waals surface area contributed by atoms with Crippen molar-refractivity contribution in [3.8, 4) is 0 Å². The molecule has 0 bridgehead atoms. The number of methoxy groups -OCH3 is 1. The highest BCUT2D eigenvalue weighted by molar-refractivity contribution is 5.75. The molecule has 3 unspecified atom stereocenters. The fourth-order valence-electron chi connectivity index (χ4n) is 3.38. The van der Waals surface area contributed by atoms with Gasteiger partial charge in [0.2, 0.25) is 0 Å². The van der Waals surface area contributed by atoms with Gasteiger partial charge in [0, 0.05) is 0 Å². The van der Waals surface area contributed by atoms with Crippen LogP contribution in [0.2, 0.25) is 0 Å². The van der Waals surface area contributed by atoms with Crippen LogP contribution in [-0.2, 0) is 14.3 Å². The summed E-state index contributed by atoms with van der Waals surface area (Å²) in [6.45, 7) is 7.90. The number of unbranched alkanes of at least 4 members (excludes halogenated alkanes) is 6. The maximum Gasteiger partial charge on any atom is 0.311 e. The Labute approximate surface area is 172 Å². The molecule has 0 amide bonds. The number of carbonyl (C=O) groups is 1. The molecule has 0 aromatic carbocycles. The summed E-state index contributed by atoms with van der Waals surface area (Å²) in [5.74, 6) is -0.130. The van der Waals surface area contributed by atoms with Gasteiger partial charge < -0.3 is 14.6 Å². The van der Waals surface area contributed by atoms with Gasteiger partial charge in [0.1, 0.15) is 6.10 Å². The summed E-state index contributed by atoms with van der Waals surface area (Å²) in [5.41, 5.74) is -1.30. The van der Waals surface area contributed by atoms with Gasteiger partial charge in [-0.3, -0.25) is 4.79 Å². The maximum atomic E-state index is 11.6. The first kappa shape index (κ1) is 24.9. The zero-order valence-electron chi connectivity index (χ0n) is 18.7. The van der Waals surface area contributed by atoms with Crippen LogP contribution in [0.25, 0.3) is 0 Å². The molecule has 0 radical (unpaired) electrons. The first-order valence-corrected chi connectivity index (χ1v) is 11.0. The minimum atomic E-state index is -0.912. The van der Waals surface area contributed by atoms with Crippen LogP contribution in [0.4, 0.5) is 0 Å². The molecular weight excluding hydrogens is 352 g/mol. The maximum absolute atomic E-state index is 11.6. The average molecular weight is 395 g/mol. The smallest absolute Gasteiger partial charge is 0.311 e. The molecule has 1 aliphatic heterocycles. The lowest BCUT2D eigenvalue weighted by Gasteiger charge is -2.20. The quantitative estimate of drug-likeness (QED) is 0.167. The summed E-state index contributed by atoms with van der Waals surface area (Å²) in [6, 6.07) is 0. The molecule has 0 saturated carbocycles. The minimum Gasteiger partial charge on any atom is -0.469 e. The SMILES string of the molecule is CCCCCC1OC1/C=C/C(C)(O)/C=C\CCCCCCC(C)(C)C(=O)OC. The van der Waals surface area contributed by atoms with Gasteiger partial charge in [-0.05, 0) is 46.5 Å². The Balaban J connectivity index is 2.12. The number of rotatable bonds is 15. The van der Waals surface area contributed by atoms with Gasteiger partial charge in [0.05, 0.1) is 24.2 Å². The number of esters is 1. The largest absolute Gasteiger partial charge is 0.469 e. The average Bonchev–Trinajstić information content (AvgIpc) is 3.40. The molecule has 0 aromatic rings. The molecule has 1 N–H and O–H groups in total. The van der Waals surface area contributed by atoms with Crippen molar-refractivity contribution in [1.29, 1.82) is 0 Å². The summed E-state index contributed by atoms with van der Waals surface area (Å²) in [6.07, 6.45) is 19.4. The number of aliphatic hydroxyl groups is 1. The zero-order chi connectivity index (χ0) is 21.0. The third-order valence-corrected chi connectivity index (χ3v) is 5.45. The van der Waals surface area contributed by atoms with Crippen LogP contribution >= 0.6 is 0 Å². The van der Waals surface area contributed by atoms with Crippen molar-refractivity contribution in [2.75, 3.05) is 7.11 Å². The summed E-state index contributed by atoms with van der Waals surface area (Å²) >= 11 is 0. The molecule has 1 fully saturated rings. The number of ether oxygens (including phenoxy) is 2. The van der Waals surface area contributed by atoms with Gasteiger partial charge in [-0.2, -0.15) is 0 Å². The van der Waals surface area contributed by atoms with Gasteiger partial charge >= 0.3 is 5.97 Å². The van der Waals surface area contributed by atoms with E-state index in [4.69, 9.17) is 9.47 Å². The van der Waals surface area contributed by atoms with Crippen LogP contribution in [0.1, 0.15) is 91.9 Å². The summed E-state index contributed by atoms with van der Waals surface area (Å²) in [4.78, 5) is 11.6. The lowest BCUT2D eigenvalue weighted by Crippen LogP contribution is -2.25. The van der Waals surface area contributed by atoms with Crippen molar-refractivity contribution in [1.82, 2.24) is 0 Å². The molecular formula is C24H42O4. The van der Waals surface area contributed by atoms with Gasteiger partial charge in [0.25, 0.3) is 0 Å². The van der Waals surface area contributed by atoms with E-state index in [1.165, 1.54) is 26.4 Å². The van der Waals surface area contributed by atoms with Gasteiger partial charge in [-0.1, -0.05) is 69.8 Å². The fraction of sp³-hybridized carbons (Fsp3) is 0.792. The van der Waals surface area contributed by atoms with E-state index in [1.54, 1.807) is 0 Å². The van der Waals surface area contributed by atoms with E-state index < -0.39 is 5.60 Å². The molecule has 1 rings (SSSR count). The number of carbonyl (C=O) groups excluding carboxylic acids is 1. The molecule has 4 heteroatoms. The molecule has 0 aromatic heterocycles. The summed E-state index contributed by atoms with van der Waals surface area (Å²) < 4.78 is 10.5.